The molecule has 1 unspecified atom stereocenters. The monoisotopic (exact) mass is 235 g/mol. The van der Waals surface area contributed by atoms with E-state index in [4.69, 9.17) is 10.6 Å². The van der Waals surface area contributed by atoms with Gasteiger partial charge in [0.15, 0.2) is 0 Å². The molecule has 1 aromatic rings. The summed E-state index contributed by atoms with van der Waals surface area (Å²) in [6.07, 6.45) is -0.475. The van der Waals surface area contributed by atoms with Crippen LogP contribution in [-0.2, 0) is 4.74 Å². The second-order valence-corrected chi connectivity index (χ2v) is 3.47. The van der Waals surface area contributed by atoms with E-state index in [1.54, 1.807) is 13.8 Å². The van der Waals surface area contributed by atoms with Gasteiger partial charge in [0.05, 0.1) is 18.4 Å². The number of carbonyl (C=O) groups excluding carboxylic acids is 1. The lowest BCUT2D eigenvalue weighted by Gasteiger charge is -2.15. The summed E-state index contributed by atoms with van der Waals surface area (Å²) in [5.41, 5.74) is 1.48. The first-order valence-electron chi connectivity index (χ1n) is 5.45. The predicted molar refractivity (Wildman–Crippen MR) is 66.8 cm³/mol. The maximum Gasteiger partial charge on any atom is 0.407 e. The minimum atomic E-state index is -0.475. The lowest BCUT2D eigenvalue weighted by atomic mass is 10.0. The fourth-order valence-electron chi connectivity index (χ4n) is 1.46. The standard InChI is InChI=1S/C12H17N3O2/c1-3-17-12(16)14-9(2)11(15-13)10-7-5-4-6-8-10/h4-9H,3,13H2,1-2H3,(H,14,16). The third kappa shape index (κ3) is 3.79. The summed E-state index contributed by atoms with van der Waals surface area (Å²) in [6.45, 7) is 3.88. The number of nitrogens with two attached hydrogens (primary N) is 1. The molecule has 0 bridgehead atoms. The molecule has 1 rings (SSSR count). The van der Waals surface area contributed by atoms with Gasteiger partial charge in [-0.3, -0.25) is 0 Å². The molecule has 17 heavy (non-hydrogen) atoms. The minimum Gasteiger partial charge on any atom is -0.450 e. The van der Waals surface area contributed by atoms with E-state index < -0.39 is 6.09 Å². The molecule has 5 nitrogen and oxygen atoms in total. The fraction of sp³-hybridized carbons (Fsp3) is 0.333. The highest BCUT2D eigenvalue weighted by Crippen LogP contribution is 2.04. The fourth-order valence-corrected chi connectivity index (χ4v) is 1.46. The number of ether oxygens (including phenoxy) is 1. The number of nitrogens with zero attached hydrogens (tertiary/aromatic N) is 1. The van der Waals surface area contributed by atoms with Gasteiger partial charge in [0.2, 0.25) is 0 Å². The van der Waals surface area contributed by atoms with Crippen molar-refractivity contribution in [2.24, 2.45) is 10.9 Å². The second kappa shape index (κ2) is 6.52. The van der Waals surface area contributed by atoms with Crippen LogP contribution in [0.4, 0.5) is 4.79 Å². The average Bonchev–Trinajstić information content (AvgIpc) is 2.31. The molecule has 0 aliphatic carbocycles. The van der Waals surface area contributed by atoms with E-state index in [2.05, 4.69) is 10.4 Å². The van der Waals surface area contributed by atoms with Gasteiger partial charge < -0.3 is 15.9 Å². The summed E-state index contributed by atoms with van der Waals surface area (Å²) in [5.74, 6) is 5.35. The van der Waals surface area contributed by atoms with Crippen LogP contribution in [0.3, 0.4) is 0 Å². The van der Waals surface area contributed by atoms with Crippen LogP contribution in [0.15, 0.2) is 35.4 Å². The molecule has 0 aromatic heterocycles. The van der Waals surface area contributed by atoms with Crippen LogP contribution in [0.5, 0.6) is 0 Å². The van der Waals surface area contributed by atoms with Crippen molar-refractivity contribution in [3.8, 4) is 0 Å². The van der Waals surface area contributed by atoms with E-state index in [0.717, 1.165) is 5.56 Å². The molecule has 0 saturated carbocycles. The first-order chi connectivity index (χ1) is 8.19. The molecule has 0 fully saturated rings. The van der Waals surface area contributed by atoms with Gasteiger partial charge in [0, 0.05) is 0 Å². The Hall–Kier alpha value is -2.04. The van der Waals surface area contributed by atoms with Crippen LogP contribution >= 0.6 is 0 Å². The Kier molecular flexibility index (Phi) is 5.00. The van der Waals surface area contributed by atoms with Crippen LogP contribution in [0.25, 0.3) is 0 Å². The van der Waals surface area contributed by atoms with Gasteiger partial charge in [0.25, 0.3) is 0 Å². The SMILES string of the molecule is CCOC(=O)NC(C)C(=NN)c1ccccc1. The number of hydrazone groups is 1. The Morgan fingerprint density at radius 2 is 2.12 bits per heavy atom. The van der Waals surface area contributed by atoms with E-state index >= 15 is 0 Å². The van der Waals surface area contributed by atoms with E-state index in [-0.39, 0.29) is 6.04 Å². The maximum absolute atomic E-state index is 11.3. The number of hydrogen-bond acceptors (Lipinski definition) is 4. The summed E-state index contributed by atoms with van der Waals surface area (Å²) in [6, 6.07) is 9.14. The normalized spacial score (nSPS) is 12.9. The smallest absolute Gasteiger partial charge is 0.407 e. The molecule has 1 amide bonds. The summed E-state index contributed by atoms with van der Waals surface area (Å²) < 4.78 is 4.80. The Bertz CT molecular complexity index is 390. The van der Waals surface area contributed by atoms with E-state index in [9.17, 15) is 4.79 Å². The Morgan fingerprint density at radius 3 is 2.65 bits per heavy atom. The molecule has 0 spiro atoms. The second-order valence-electron chi connectivity index (χ2n) is 3.47. The van der Waals surface area contributed by atoms with E-state index in [1.807, 2.05) is 30.3 Å². The van der Waals surface area contributed by atoms with E-state index in [0.29, 0.717) is 12.3 Å². The molecular weight excluding hydrogens is 218 g/mol. The molecule has 3 N–H and O–H groups in total. The molecule has 5 heteroatoms. The lowest BCUT2D eigenvalue weighted by Crippen LogP contribution is -2.39. The number of rotatable bonds is 4. The first-order valence-corrected chi connectivity index (χ1v) is 5.45. The molecule has 1 aromatic carbocycles. The highest BCUT2D eigenvalue weighted by Gasteiger charge is 2.15. The van der Waals surface area contributed by atoms with Crippen molar-refractivity contribution in [2.75, 3.05) is 6.61 Å². The number of amides is 1. The molecule has 1 atom stereocenters. The largest absolute Gasteiger partial charge is 0.450 e. The summed E-state index contributed by atoms with van der Waals surface area (Å²) in [7, 11) is 0. The minimum absolute atomic E-state index is 0.304. The molecule has 0 heterocycles. The Balaban J connectivity index is 2.73. The first kappa shape index (κ1) is 13.0. The average molecular weight is 235 g/mol. The van der Waals surface area contributed by atoms with Gasteiger partial charge in [-0.25, -0.2) is 4.79 Å². The third-order valence-electron chi connectivity index (χ3n) is 2.23. The summed E-state index contributed by atoms with van der Waals surface area (Å²) in [5, 5.41) is 6.38. The van der Waals surface area contributed by atoms with Gasteiger partial charge >= 0.3 is 6.09 Å². The van der Waals surface area contributed by atoms with Crippen molar-refractivity contribution in [3.05, 3.63) is 35.9 Å². The van der Waals surface area contributed by atoms with Crippen LogP contribution < -0.4 is 11.2 Å². The molecule has 0 radical (unpaired) electrons. The maximum atomic E-state index is 11.3. The zero-order chi connectivity index (χ0) is 12.7. The topological polar surface area (TPSA) is 76.7 Å². The Morgan fingerprint density at radius 1 is 1.47 bits per heavy atom. The van der Waals surface area contributed by atoms with Gasteiger partial charge in [-0.15, -0.1) is 0 Å². The molecule has 0 saturated heterocycles. The quantitative estimate of drug-likeness (QED) is 0.471. The highest BCUT2D eigenvalue weighted by molar-refractivity contribution is 6.05. The van der Waals surface area contributed by atoms with E-state index in [1.165, 1.54) is 0 Å². The summed E-state index contributed by atoms with van der Waals surface area (Å²) in [4.78, 5) is 11.3. The molecule has 0 aliphatic heterocycles. The molecule has 0 aliphatic rings. The van der Waals surface area contributed by atoms with Crippen molar-refractivity contribution >= 4 is 11.8 Å². The van der Waals surface area contributed by atoms with Crippen molar-refractivity contribution < 1.29 is 9.53 Å². The molecule has 92 valence electrons. The number of benzene rings is 1. The number of hydrogen-bond donors (Lipinski definition) is 2. The van der Waals surface area contributed by atoms with Crippen LogP contribution in [0.2, 0.25) is 0 Å². The zero-order valence-corrected chi connectivity index (χ0v) is 10.0. The van der Waals surface area contributed by atoms with Crippen LogP contribution in [0.1, 0.15) is 19.4 Å². The van der Waals surface area contributed by atoms with Crippen LogP contribution in [-0.4, -0.2) is 24.5 Å². The predicted octanol–water partition coefficient (Wildman–Crippen LogP) is 1.48. The lowest BCUT2D eigenvalue weighted by molar-refractivity contribution is 0.151. The number of carbonyl (C=O) groups is 1. The van der Waals surface area contributed by atoms with Gasteiger partial charge in [-0.2, -0.15) is 5.10 Å². The number of nitrogens with one attached hydrogen (secondary N) is 1. The van der Waals surface area contributed by atoms with Crippen molar-refractivity contribution in [1.82, 2.24) is 5.32 Å². The molecular formula is C12H17N3O2. The summed E-state index contributed by atoms with van der Waals surface area (Å²) >= 11 is 0. The Labute approximate surface area is 101 Å². The number of alkyl carbamates (subject to hydrolysis) is 1. The van der Waals surface area contributed by atoms with Gasteiger partial charge in [-0.05, 0) is 19.4 Å². The van der Waals surface area contributed by atoms with Gasteiger partial charge in [0.1, 0.15) is 0 Å². The third-order valence-corrected chi connectivity index (χ3v) is 2.23. The van der Waals surface area contributed by atoms with Crippen molar-refractivity contribution in [3.63, 3.8) is 0 Å². The zero-order valence-electron chi connectivity index (χ0n) is 10.0. The van der Waals surface area contributed by atoms with Crippen molar-refractivity contribution in [1.29, 1.82) is 0 Å². The van der Waals surface area contributed by atoms with Gasteiger partial charge in [-0.1, -0.05) is 30.3 Å². The van der Waals surface area contributed by atoms with Crippen LogP contribution in [0, 0.1) is 0 Å². The highest BCUT2D eigenvalue weighted by atomic mass is 16.5. The van der Waals surface area contributed by atoms with Crippen molar-refractivity contribution in [2.45, 2.75) is 19.9 Å².